The van der Waals surface area contributed by atoms with Gasteiger partial charge in [-0.05, 0) is 45.8 Å². The Bertz CT molecular complexity index is 377. The summed E-state index contributed by atoms with van der Waals surface area (Å²) in [6.07, 6.45) is 2.32. The van der Waals surface area contributed by atoms with E-state index in [0.29, 0.717) is 13.1 Å². The minimum Gasteiger partial charge on any atom is -0.376 e. The van der Waals surface area contributed by atoms with E-state index in [1.165, 1.54) is 0 Å². The molecule has 1 aliphatic heterocycles. The van der Waals surface area contributed by atoms with Crippen molar-refractivity contribution in [2.45, 2.75) is 25.5 Å². The van der Waals surface area contributed by atoms with Crippen molar-refractivity contribution in [3.8, 4) is 0 Å². The fourth-order valence-corrected chi connectivity index (χ4v) is 2.90. The van der Waals surface area contributed by atoms with Gasteiger partial charge in [-0.1, -0.05) is 0 Å². The lowest BCUT2D eigenvalue weighted by Gasteiger charge is -2.11. The number of urea groups is 1. The highest BCUT2D eigenvalue weighted by molar-refractivity contribution is 9.11. The summed E-state index contributed by atoms with van der Waals surface area (Å²) in [6.45, 7) is 1.97. The standard InChI is InChI=1S/C11H15BrN2O2S/c12-10-4-8(7-17-10)5-13-11(15)14-6-9-2-1-3-16-9/h4,7,9H,1-3,5-6H2,(H2,13,14,15). The van der Waals surface area contributed by atoms with Gasteiger partial charge in [0.1, 0.15) is 0 Å². The Kier molecular flexibility index (Phi) is 4.82. The summed E-state index contributed by atoms with van der Waals surface area (Å²) in [4.78, 5) is 11.5. The molecule has 0 aromatic carbocycles. The first-order chi connectivity index (χ1) is 8.24. The molecule has 1 saturated heterocycles. The average Bonchev–Trinajstić information content (AvgIpc) is 2.95. The first kappa shape index (κ1) is 12.9. The molecule has 0 aliphatic carbocycles. The van der Waals surface area contributed by atoms with Crippen LogP contribution in [-0.2, 0) is 11.3 Å². The highest BCUT2D eigenvalue weighted by atomic mass is 79.9. The van der Waals surface area contributed by atoms with Crippen LogP contribution in [0.25, 0.3) is 0 Å². The number of halogens is 1. The largest absolute Gasteiger partial charge is 0.376 e. The van der Waals surface area contributed by atoms with Crippen LogP contribution in [0.4, 0.5) is 4.79 Å². The second-order valence-corrected chi connectivity index (χ2v) is 6.25. The molecule has 17 heavy (non-hydrogen) atoms. The summed E-state index contributed by atoms with van der Waals surface area (Å²) >= 11 is 5.00. The Hall–Kier alpha value is -0.590. The van der Waals surface area contributed by atoms with Gasteiger partial charge in [-0.3, -0.25) is 0 Å². The summed E-state index contributed by atoms with van der Waals surface area (Å²) < 4.78 is 6.50. The minimum absolute atomic E-state index is 0.136. The predicted octanol–water partition coefficient (Wildman–Crippen LogP) is 2.49. The maximum Gasteiger partial charge on any atom is 0.315 e. The molecule has 6 heteroatoms. The zero-order valence-electron chi connectivity index (χ0n) is 9.37. The molecule has 2 heterocycles. The Labute approximate surface area is 113 Å². The van der Waals surface area contributed by atoms with Crippen molar-refractivity contribution in [1.29, 1.82) is 0 Å². The Morgan fingerprint density at radius 1 is 1.59 bits per heavy atom. The van der Waals surface area contributed by atoms with Crippen LogP contribution in [0.2, 0.25) is 0 Å². The number of rotatable bonds is 4. The van der Waals surface area contributed by atoms with E-state index in [1.54, 1.807) is 11.3 Å². The van der Waals surface area contributed by atoms with E-state index in [2.05, 4.69) is 26.6 Å². The number of thiophene rings is 1. The SMILES string of the molecule is O=C(NCc1csc(Br)c1)NCC1CCCO1. The van der Waals surface area contributed by atoms with E-state index in [0.717, 1.165) is 28.8 Å². The van der Waals surface area contributed by atoms with E-state index < -0.39 is 0 Å². The van der Waals surface area contributed by atoms with Crippen molar-refractivity contribution in [2.75, 3.05) is 13.2 Å². The molecule has 1 aromatic rings. The maximum atomic E-state index is 11.5. The molecular weight excluding hydrogens is 304 g/mol. The molecule has 0 radical (unpaired) electrons. The molecule has 1 atom stereocenters. The van der Waals surface area contributed by atoms with Gasteiger partial charge in [0.2, 0.25) is 0 Å². The number of carbonyl (C=O) groups is 1. The lowest BCUT2D eigenvalue weighted by molar-refractivity contribution is 0.111. The van der Waals surface area contributed by atoms with Gasteiger partial charge in [0.15, 0.2) is 0 Å². The zero-order valence-corrected chi connectivity index (χ0v) is 11.8. The lowest BCUT2D eigenvalue weighted by atomic mass is 10.2. The number of hydrogen-bond donors (Lipinski definition) is 2. The fourth-order valence-electron chi connectivity index (χ4n) is 1.70. The predicted molar refractivity (Wildman–Crippen MR) is 71.2 cm³/mol. The Balaban J connectivity index is 1.63. The lowest BCUT2D eigenvalue weighted by Crippen LogP contribution is -2.39. The van der Waals surface area contributed by atoms with E-state index in [1.807, 2.05) is 11.4 Å². The van der Waals surface area contributed by atoms with Gasteiger partial charge in [0, 0.05) is 19.7 Å². The average molecular weight is 319 g/mol. The van der Waals surface area contributed by atoms with Crippen LogP contribution in [-0.4, -0.2) is 25.3 Å². The van der Waals surface area contributed by atoms with Crippen molar-refractivity contribution >= 4 is 33.3 Å². The van der Waals surface area contributed by atoms with Crippen LogP contribution in [0.3, 0.4) is 0 Å². The highest BCUT2D eigenvalue weighted by Gasteiger charge is 2.15. The molecule has 94 valence electrons. The van der Waals surface area contributed by atoms with Crippen molar-refractivity contribution in [2.24, 2.45) is 0 Å². The van der Waals surface area contributed by atoms with Crippen molar-refractivity contribution in [3.63, 3.8) is 0 Å². The van der Waals surface area contributed by atoms with Crippen LogP contribution in [0.1, 0.15) is 18.4 Å². The van der Waals surface area contributed by atoms with Gasteiger partial charge < -0.3 is 15.4 Å². The normalized spacial score (nSPS) is 19.2. The summed E-state index contributed by atoms with van der Waals surface area (Å²) in [5.74, 6) is 0. The quantitative estimate of drug-likeness (QED) is 0.896. The van der Waals surface area contributed by atoms with E-state index in [-0.39, 0.29) is 12.1 Å². The number of ether oxygens (including phenoxy) is 1. The molecule has 1 fully saturated rings. The summed E-state index contributed by atoms with van der Waals surface area (Å²) in [5, 5.41) is 7.65. The highest BCUT2D eigenvalue weighted by Crippen LogP contribution is 2.20. The van der Waals surface area contributed by atoms with E-state index >= 15 is 0 Å². The molecule has 2 amide bonds. The summed E-state index contributed by atoms with van der Waals surface area (Å²) in [7, 11) is 0. The van der Waals surface area contributed by atoms with Crippen LogP contribution in [0.5, 0.6) is 0 Å². The monoisotopic (exact) mass is 318 g/mol. The van der Waals surface area contributed by atoms with Gasteiger partial charge in [0.25, 0.3) is 0 Å². The molecule has 1 aliphatic rings. The van der Waals surface area contributed by atoms with Crippen LogP contribution < -0.4 is 10.6 Å². The summed E-state index contributed by atoms with van der Waals surface area (Å²) in [5.41, 5.74) is 1.11. The molecule has 2 N–H and O–H groups in total. The van der Waals surface area contributed by atoms with Crippen molar-refractivity contribution < 1.29 is 9.53 Å². The third-order valence-electron chi connectivity index (χ3n) is 2.59. The van der Waals surface area contributed by atoms with Crippen LogP contribution >= 0.6 is 27.3 Å². The third kappa shape index (κ3) is 4.29. The molecular formula is C11H15BrN2O2S. The van der Waals surface area contributed by atoms with Crippen LogP contribution in [0.15, 0.2) is 15.2 Å². The van der Waals surface area contributed by atoms with Gasteiger partial charge in [-0.2, -0.15) is 0 Å². The first-order valence-corrected chi connectivity index (χ1v) is 7.27. The fraction of sp³-hybridized carbons (Fsp3) is 0.545. The minimum atomic E-state index is -0.136. The number of hydrogen-bond acceptors (Lipinski definition) is 3. The van der Waals surface area contributed by atoms with Gasteiger partial charge in [0.05, 0.1) is 9.89 Å². The Morgan fingerprint density at radius 3 is 3.12 bits per heavy atom. The summed E-state index contributed by atoms with van der Waals surface area (Å²) in [6, 6.07) is 1.87. The first-order valence-electron chi connectivity index (χ1n) is 5.60. The second kappa shape index (κ2) is 6.37. The van der Waals surface area contributed by atoms with Gasteiger partial charge in [-0.25, -0.2) is 4.79 Å². The van der Waals surface area contributed by atoms with E-state index in [9.17, 15) is 4.79 Å². The number of nitrogens with one attached hydrogen (secondary N) is 2. The van der Waals surface area contributed by atoms with Gasteiger partial charge >= 0.3 is 6.03 Å². The van der Waals surface area contributed by atoms with Crippen molar-refractivity contribution in [1.82, 2.24) is 10.6 Å². The smallest absolute Gasteiger partial charge is 0.315 e. The van der Waals surface area contributed by atoms with Crippen LogP contribution in [0, 0.1) is 0 Å². The Morgan fingerprint density at radius 2 is 2.47 bits per heavy atom. The topological polar surface area (TPSA) is 50.4 Å². The molecule has 0 bridgehead atoms. The number of carbonyl (C=O) groups excluding carboxylic acids is 1. The van der Waals surface area contributed by atoms with E-state index in [4.69, 9.17) is 4.74 Å². The third-order valence-corrected chi connectivity index (χ3v) is 4.14. The second-order valence-electron chi connectivity index (χ2n) is 3.96. The van der Waals surface area contributed by atoms with Crippen molar-refractivity contribution in [3.05, 3.63) is 20.8 Å². The molecule has 0 saturated carbocycles. The molecule has 1 aromatic heterocycles. The maximum absolute atomic E-state index is 11.5. The molecule has 1 unspecified atom stereocenters. The molecule has 2 rings (SSSR count). The number of amides is 2. The zero-order chi connectivity index (χ0) is 12.1. The van der Waals surface area contributed by atoms with Gasteiger partial charge in [-0.15, -0.1) is 11.3 Å². The molecule has 4 nitrogen and oxygen atoms in total. The molecule has 0 spiro atoms.